The number of benzene rings is 2. The number of nitrogens with two attached hydrogens (primary N) is 1. The molecular weight excluding hydrogens is 285 g/mol. The summed E-state index contributed by atoms with van der Waals surface area (Å²) in [6.45, 7) is 0.314. The summed E-state index contributed by atoms with van der Waals surface area (Å²) in [4.78, 5) is 0. The van der Waals surface area contributed by atoms with E-state index in [4.69, 9.17) is 10.5 Å². The van der Waals surface area contributed by atoms with Crippen LogP contribution in [0.25, 0.3) is 0 Å². The van der Waals surface area contributed by atoms with Crippen LogP contribution in [0.5, 0.6) is 5.75 Å². The number of para-hydroxylation sites is 1. The van der Waals surface area contributed by atoms with Crippen molar-refractivity contribution in [3.05, 3.63) is 58.3 Å². The predicted octanol–water partition coefficient (Wildman–Crippen LogP) is 3.75. The maximum atomic E-state index is 13.0. The van der Waals surface area contributed by atoms with Crippen LogP contribution in [0.15, 0.2) is 46.9 Å². The molecule has 0 heterocycles. The molecule has 0 aliphatic heterocycles. The average molecular weight is 296 g/mol. The highest BCUT2D eigenvalue weighted by molar-refractivity contribution is 9.10. The largest absolute Gasteiger partial charge is 0.488 e. The van der Waals surface area contributed by atoms with Crippen LogP contribution in [0.4, 0.5) is 10.1 Å². The van der Waals surface area contributed by atoms with Crippen molar-refractivity contribution in [1.29, 1.82) is 0 Å². The van der Waals surface area contributed by atoms with E-state index >= 15 is 0 Å². The molecule has 0 spiro atoms. The van der Waals surface area contributed by atoms with E-state index in [2.05, 4.69) is 15.9 Å². The molecule has 2 aromatic carbocycles. The lowest BCUT2D eigenvalue weighted by molar-refractivity contribution is 0.303. The van der Waals surface area contributed by atoms with E-state index in [1.807, 2.05) is 18.2 Å². The van der Waals surface area contributed by atoms with E-state index in [9.17, 15) is 4.39 Å². The Morgan fingerprint density at radius 2 is 1.94 bits per heavy atom. The number of hydrogen-bond donors (Lipinski definition) is 1. The smallest absolute Gasteiger partial charge is 0.136 e. The summed E-state index contributed by atoms with van der Waals surface area (Å²) in [7, 11) is 0. The third-order valence-electron chi connectivity index (χ3n) is 2.33. The molecule has 0 unspecified atom stereocenters. The molecule has 0 aromatic heterocycles. The number of nitrogen functional groups attached to an aromatic ring is 1. The van der Waals surface area contributed by atoms with E-state index in [0.717, 1.165) is 5.56 Å². The minimum Gasteiger partial charge on any atom is -0.488 e. The third kappa shape index (κ3) is 2.97. The first-order valence-corrected chi connectivity index (χ1v) is 5.87. The summed E-state index contributed by atoms with van der Waals surface area (Å²) in [5, 5.41) is 0. The monoisotopic (exact) mass is 295 g/mol. The van der Waals surface area contributed by atoms with Gasteiger partial charge in [-0.15, -0.1) is 0 Å². The van der Waals surface area contributed by atoms with Gasteiger partial charge in [0.25, 0.3) is 0 Å². The standard InChI is InChI=1S/C13H11BrFNO/c14-11-6-5-10(15)7-13(11)17-8-9-3-1-2-4-12(9)16/h1-7H,8,16H2. The summed E-state index contributed by atoms with van der Waals surface area (Å²) in [5.41, 5.74) is 7.33. The van der Waals surface area contributed by atoms with Crippen LogP contribution in [-0.2, 0) is 6.61 Å². The number of ether oxygens (including phenoxy) is 1. The fourth-order valence-electron chi connectivity index (χ4n) is 1.41. The lowest BCUT2D eigenvalue weighted by Gasteiger charge is -2.09. The first kappa shape index (κ1) is 11.9. The summed E-state index contributed by atoms with van der Waals surface area (Å²) >= 11 is 3.30. The molecule has 0 atom stereocenters. The maximum Gasteiger partial charge on any atom is 0.136 e. The summed E-state index contributed by atoms with van der Waals surface area (Å²) in [6, 6.07) is 11.7. The lowest BCUT2D eigenvalue weighted by atomic mass is 10.2. The normalized spacial score (nSPS) is 10.2. The van der Waals surface area contributed by atoms with Crippen LogP contribution in [0.2, 0.25) is 0 Å². The molecule has 0 aliphatic rings. The molecule has 2 N–H and O–H groups in total. The van der Waals surface area contributed by atoms with E-state index < -0.39 is 0 Å². The molecule has 2 nitrogen and oxygen atoms in total. The van der Waals surface area contributed by atoms with Crippen LogP contribution in [0, 0.1) is 5.82 Å². The Bertz CT molecular complexity index is 531. The minimum atomic E-state index is -0.329. The predicted molar refractivity (Wildman–Crippen MR) is 69.3 cm³/mol. The van der Waals surface area contributed by atoms with Crippen molar-refractivity contribution in [2.45, 2.75) is 6.61 Å². The minimum absolute atomic E-state index is 0.314. The SMILES string of the molecule is Nc1ccccc1COc1cc(F)ccc1Br. The number of anilines is 1. The van der Waals surface area contributed by atoms with Crippen molar-refractivity contribution in [2.75, 3.05) is 5.73 Å². The summed E-state index contributed by atoms with van der Waals surface area (Å²) in [6.07, 6.45) is 0. The Morgan fingerprint density at radius 3 is 2.71 bits per heavy atom. The molecule has 0 fully saturated rings. The van der Waals surface area contributed by atoms with Crippen LogP contribution >= 0.6 is 15.9 Å². The Morgan fingerprint density at radius 1 is 1.18 bits per heavy atom. The molecule has 4 heteroatoms. The topological polar surface area (TPSA) is 35.2 Å². The second-order valence-electron chi connectivity index (χ2n) is 3.56. The van der Waals surface area contributed by atoms with Crippen molar-refractivity contribution in [3.8, 4) is 5.75 Å². The van der Waals surface area contributed by atoms with Crippen LogP contribution < -0.4 is 10.5 Å². The Kier molecular flexibility index (Phi) is 3.64. The van der Waals surface area contributed by atoms with Crippen LogP contribution in [0.1, 0.15) is 5.56 Å². The molecule has 0 radical (unpaired) electrons. The van der Waals surface area contributed by atoms with Gasteiger partial charge in [-0.1, -0.05) is 18.2 Å². The maximum absolute atomic E-state index is 13.0. The van der Waals surface area contributed by atoms with Crippen LogP contribution in [-0.4, -0.2) is 0 Å². The fraction of sp³-hybridized carbons (Fsp3) is 0.0769. The van der Waals surface area contributed by atoms with Crippen molar-refractivity contribution in [3.63, 3.8) is 0 Å². The van der Waals surface area contributed by atoms with Crippen molar-refractivity contribution in [2.24, 2.45) is 0 Å². The van der Waals surface area contributed by atoms with Gasteiger partial charge in [0.1, 0.15) is 18.2 Å². The molecule has 2 aromatic rings. The van der Waals surface area contributed by atoms with Crippen LogP contribution in [0.3, 0.4) is 0 Å². The molecule has 0 saturated carbocycles. The Labute approximate surface area is 107 Å². The fourth-order valence-corrected chi connectivity index (χ4v) is 1.77. The average Bonchev–Trinajstić information content (AvgIpc) is 2.32. The van der Waals surface area contributed by atoms with Crippen molar-refractivity contribution in [1.82, 2.24) is 0 Å². The zero-order chi connectivity index (χ0) is 12.3. The molecule has 88 valence electrons. The van der Waals surface area contributed by atoms with Gasteiger partial charge in [0.2, 0.25) is 0 Å². The second kappa shape index (κ2) is 5.19. The van der Waals surface area contributed by atoms with Gasteiger partial charge < -0.3 is 10.5 Å². The van der Waals surface area contributed by atoms with Gasteiger partial charge in [0.05, 0.1) is 4.47 Å². The molecule has 0 bridgehead atoms. The third-order valence-corrected chi connectivity index (χ3v) is 2.99. The molecule has 2 rings (SSSR count). The number of rotatable bonds is 3. The molecule has 0 saturated heterocycles. The summed E-state index contributed by atoms with van der Waals surface area (Å²) < 4.78 is 19.3. The first-order valence-electron chi connectivity index (χ1n) is 5.08. The highest BCUT2D eigenvalue weighted by atomic mass is 79.9. The van der Waals surface area contributed by atoms with Gasteiger partial charge in [0, 0.05) is 17.3 Å². The van der Waals surface area contributed by atoms with E-state index in [-0.39, 0.29) is 5.82 Å². The number of hydrogen-bond acceptors (Lipinski definition) is 2. The summed E-state index contributed by atoms with van der Waals surface area (Å²) in [5.74, 6) is 0.137. The zero-order valence-electron chi connectivity index (χ0n) is 8.99. The van der Waals surface area contributed by atoms with Gasteiger partial charge in [-0.05, 0) is 34.1 Å². The van der Waals surface area contributed by atoms with Gasteiger partial charge in [0.15, 0.2) is 0 Å². The zero-order valence-corrected chi connectivity index (χ0v) is 10.6. The van der Waals surface area contributed by atoms with Gasteiger partial charge >= 0.3 is 0 Å². The molecule has 0 amide bonds. The quantitative estimate of drug-likeness (QED) is 0.875. The van der Waals surface area contributed by atoms with E-state index in [1.54, 1.807) is 12.1 Å². The highest BCUT2D eigenvalue weighted by Crippen LogP contribution is 2.26. The Hall–Kier alpha value is -1.55. The van der Waals surface area contributed by atoms with E-state index in [1.165, 1.54) is 12.1 Å². The van der Waals surface area contributed by atoms with Crippen molar-refractivity contribution >= 4 is 21.6 Å². The number of halogens is 2. The van der Waals surface area contributed by atoms with Gasteiger partial charge in [-0.2, -0.15) is 0 Å². The van der Waals surface area contributed by atoms with Gasteiger partial charge in [-0.25, -0.2) is 4.39 Å². The second-order valence-corrected chi connectivity index (χ2v) is 4.42. The highest BCUT2D eigenvalue weighted by Gasteiger charge is 2.04. The lowest BCUT2D eigenvalue weighted by Crippen LogP contribution is -2.00. The Balaban J connectivity index is 2.12. The van der Waals surface area contributed by atoms with Crippen molar-refractivity contribution < 1.29 is 9.13 Å². The molecule has 17 heavy (non-hydrogen) atoms. The molecule has 0 aliphatic carbocycles. The van der Waals surface area contributed by atoms with E-state index in [0.29, 0.717) is 22.5 Å². The molecular formula is C13H11BrFNO. The van der Waals surface area contributed by atoms with Gasteiger partial charge in [-0.3, -0.25) is 0 Å². The first-order chi connectivity index (χ1) is 8.16.